The molecule has 212 valence electrons. The molecule has 1 aromatic heterocycles. The van der Waals surface area contributed by atoms with E-state index in [1.807, 2.05) is 60.7 Å². The van der Waals surface area contributed by atoms with Crippen molar-refractivity contribution in [1.82, 2.24) is 15.2 Å². The Labute approximate surface area is 249 Å². The summed E-state index contributed by atoms with van der Waals surface area (Å²) in [6.45, 7) is 0.0514. The Hall–Kier alpha value is -3.87. The largest absolute Gasteiger partial charge is 0.452 e. The zero-order chi connectivity index (χ0) is 29.0. The first kappa shape index (κ1) is 28.7. The number of nitrogens with two attached hydrogens (primary N) is 1. The monoisotopic (exact) mass is 611 g/mol. The number of β-lactam (4-membered cyclic amide) rings is 1. The number of esters is 1. The molecule has 0 radical (unpaired) electrons. The number of ether oxygens (including phenoxy) is 1. The highest BCUT2D eigenvalue weighted by Crippen LogP contribution is 2.44. The quantitative estimate of drug-likeness (QED) is 0.162. The smallest absolute Gasteiger partial charge is 0.319 e. The van der Waals surface area contributed by atoms with Crippen molar-refractivity contribution in [2.75, 3.05) is 25.1 Å². The molecular formula is C28H26ClN5O5S2. The van der Waals surface area contributed by atoms with Crippen molar-refractivity contribution in [2.45, 2.75) is 17.5 Å². The number of carbonyl (C=O) groups excluding carboxylic acids is 3. The van der Waals surface area contributed by atoms with Crippen molar-refractivity contribution in [3.05, 3.63) is 94.5 Å². The summed E-state index contributed by atoms with van der Waals surface area (Å²) in [6, 6.07) is 18.1. The van der Waals surface area contributed by atoms with E-state index >= 15 is 0 Å². The molecule has 0 bridgehead atoms. The SMILES string of the molecule is CON=C(C(=O)NC1C(=O)N2CC(C=CCl)(C(=O)OC(c3ccccc3)c3ccccc3)CS[C@H]12)c1csc(N)n1. The first-order chi connectivity index (χ1) is 19.9. The second kappa shape index (κ2) is 12.3. The molecule has 2 fully saturated rings. The number of fused-ring (bicyclic) bond motifs is 1. The molecule has 2 aliphatic rings. The van der Waals surface area contributed by atoms with Gasteiger partial charge in [-0.05, 0) is 11.1 Å². The standard InChI is InChI=1S/C28H26ClN5O5S2/c1-38-33-20(19-14-40-27(30)31-19)23(35)32-21-24(36)34-15-28(12-13-29,16-41-25(21)34)26(37)39-22(17-8-4-2-5-9-17)18-10-6-3-7-11-18/h2-14,21-22,25H,15-16H2,1H3,(H2,30,31)(H,32,35)/t21?,25-,28?/m1/s1. The molecule has 3 heterocycles. The Morgan fingerprint density at radius 3 is 2.41 bits per heavy atom. The molecule has 0 aliphatic carbocycles. The maximum absolute atomic E-state index is 13.8. The number of anilines is 1. The van der Waals surface area contributed by atoms with E-state index in [0.29, 0.717) is 0 Å². The third-order valence-electron chi connectivity index (χ3n) is 6.77. The fourth-order valence-electron chi connectivity index (χ4n) is 4.72. The highest BCUT2D eigenvalue weighted by Gasteiger charge is 2.57. The van der Waals surface area contributed by atoms with Gasteiger partial charge in [0.05, 0.1) is 0 Å². The van der Waals surface area contributed by atoms with Crippen LogP contribution in [-0.4, -0.2) is 64.2 Å². The summed E-state index contributed by atoms with van der Waals surface area (Å²) < 4.78 is 6.15. The third-order valence-corrected chi connectivity index (χ3v) is 9.12. The number of halogens is 1. The minimum atomic E-state index is -1.18. The molecule has 5 rings (SSSR count). The lowest BCUT2D eigenvalue weighted by Crippen LogP contribution is -2.74. The van der Waals surface area contributed by atoms with Gasteiger partial charge in [0.15, 0.2) is 16.9 Å². The number of aromatic nitrogens is 1. The summed E-state index contributed by atoms with van der Waals surface area (Å²) in [7, 11) is 1.30. The van der Waals surface area contributed by atoms with Gasteiger partial charge in [-0.25, -0.2) is 4.98 Å². The summed E-state index contributed by atoms with van der Waals surface area (Å²) in [5, 5.41) is 7.95. The van der Waals surface area contributed by atoms with Crippen LogP contribution in [0.1, 0.15) is 22.9 Å². The number of carbonyl (C=O) groups is 3. The number of rotatable bonds is 9. The molecular weight excluding hydrogens is 586 g/mol. The number of oxime groups is 1. The number of hydrogen-bond acceptors (Lipinski definition) is 10. The minimum Gasteiger partial charge on any atom is -0.452 e. The van der Waals surface area contributed by atoms with E-state index in [2.05, 4.69) is 15.5 Å². The summed E-state index contributed by atoms with van der Waals surface area (Å²) in [4.78, 5) is 50.5. The maximum atomic E-state index is 13.8. The molecule has 41 heavy (non-hydrogen) atoms. The molecule has 2 amide bonds. The average molecular weight is 612 g/mol. The second-order valence-electron chi connectivity index (χ2n) is 9.37. The van der Waals surface area contributed by atoms with Crippen LogP contribution in [0.4, 0.5) is 5.13 Å². The lowest BCUT2D eigenvalue weighted by atomic mass is 9.87. The molecule has 3 atom stereocenters. The number of thioether (sulfide) groups is 1. The van der Waals surface area contributed by atoms with Crippen molar-refractivity contribution in [2.24, 2.45) is 10.6 Å². The second-order valence-corrected chi connectivity index (χ2v) is 11.6. The molecule has 2 aromatic carbocycles. The summed E-state index contributed by atoms with van der Waals surface area (Å²) >= 11 is 8.51. The van der Waals surface area contributed by atoms with E-state index in [4.69, 9.17) is 26.9 Å². The normalized spacial score (nSPS) is 22.3. The predicted molar refractivity (Wildman–Crippen MR) is 158 cm³/mol. The molecule has 3 aromatic rings. The lowest BCUT2D eigenvalue weighted by Gasteiger charge is -2.53. The Balaban J connectivity index is 1.32. The Morgan fingerprint density at radius 1 is 1.20 bits per heavy atom. The van der Waals surface area contributed by atoms with Crippen LogP contribution in [0.25, 0.3) is 0 Å². The highest BCUT2D eigenvalue weighted by molar-refractivity contribution is 8.00. The van der Waals surface area contributed by atoms with Crippen LogP contribution in [0.15, 0.2) is 82.8 Å². The van der Waals surface area contributed by atoms with Gasteiger partial charge in [-0.3, -0.25) is 14.4 Å². The lowest BCUT2D eigenvalue weighted by molar-refractivity contribution is -0.162. The summed E-state index contributed by atoms with van der Waals surface area (Å²) in [5.74, 6) is -1.18. The minimum absolute atomic E-state index is 0.0514. The molecule has 3 N–H and O–H groups in total. The van der Waals surface area contributed by atoms with Gasteiger partial charge in [0.2, 0.25) is 5.91 Å². The van der Waals surface area contributed by atoms with Gasteiger partial charge in [0, 0.05) is 23.2 Å². The zero-order valence-electron chi connectivity index (χ0n) is 21.8. The van der Waals surface area contributed by atoms with Gasteiger partial charge >= 0.3 is 5.97 Å². The van der Waals surface area contributed by atoms with Crippen molar-refractivity contribution in [3.63, 3.8) is 0 Å². The molecule has 2 saturated heterocycles. The van der Waals surface area contributed by atoms with Gasteiger partial charge in [-0.15, -0.1) is 23.1 Å². The Bertz CT molecular complexity index is 1450. The number of nitrogen functional groups attached to an aromatic ring is 1. The molecule has 0 saturated carbocycles. The summed E-state index contributed by atoms with van der Waals surface area (Å²) in [5.41, 5.74) is 7.57. The van der Waals surface area contributed by atoms with Gasteiger partial charge in [-0.1, -0.05) is 83.5 Å². The molecule has 10 nitrogen and oxygen atoms in total. The van der Waals surface area contributed by atoms with Gasteiger partial charge in [0.1, 0.15) is 29.6 Å². The highest BCUT2D eigenvalue weighted by atomic mass is 35.5. The van der Waals surface area contributed by atoms with Crippen LogP contribution >= 0.6 is 34.7 Å². The number of thiazole rings is 1. The van der Waals surface area contributed by atoms with Crippen LogP contribution in [0, 0.1) is 5.41 Å². The summed E-state index contributed by atoms with van der Waals surface area (Å²) in [6.07, 6.45) is 0.924. The fraction of sp³-hybridized carbons (Fsp3) is 0.250. The molecule has 13 heteroatoms. The van der Waals surface area contributed by atoms with Crippen molar-refractivity contribution in [3.8, 4) is 0 Å². The molecule has 0 spiro atoms. The van der Waals surface area contributed by atoms with E-state index in [1.165, 1.54) is 24.4 Å². The van der Waals surface area contributed by atoms with Gasteiger partial charge in [-0.2, -0.15) is 0 Å². The van der Waals surface area contributed by atoms with Crippen LogP contribution in [0.2, 0.25) is 0 Å². The third kappa shape index (κ3) is 5.81. The van der Waals surface area contributed by atoms with E-state index in [-0.39, 0.29) is 40.1 Å². The van der Waals surface area contributed by atoms with Crippen LogP contribution in [0.5, 0.6) is 0 Å². The predicted octanol–water partition coefficient (Wildman–Crippen LogP) is 3.55. The van der Waals surface area contributed by atoms with E-state index in [0.717, 1.165) is 22.5 Å². The van der Waals surface area contributed by atoms with Crippen LogP contribution in [-0.2, 0) is 24.0 Å². The number of nitrogens with one attached hydrogen (secondary N) is 1. The van der Waals surface area contributed by atoms with E-state index < -0.39 is 29.4 Å². The van der Waals surface area contributed by atoms with Gasteiger partial charge in [0.25, 0.3) is 5.91 Å². The van der Waals surface area contributed by atoms with Crippen LogP contribution < -0.4 is 11.1 Å². The Kier molecular flexibility index (Phi) is 8.62. The van der Waals surface area contributed by atoms with Crippen LogP contribution in [0.3, 0.4) is 0 Å². The topological polar surface area (TPSA) is 136 Å². The first-order valence-electron chi connectivity index (χ1n) is 12.5. The number of nitrogens with zero attached hydrogens (tertiary/aromatic N) is 3. The van der Waals surface area contributed by atoms with Crippen molar-refractivity contribution < 1.29 is 24.0 Å². The maximum Gasteiger partial charge on any atom is 0.319 e. The molecule has 2 aliphatic heterocycles. The van der Waals surface area contributed by atoms with Crippen molar-refractivity contribution in [1.29, 1.82) is 0 Å². The Morgan fingerprint density at radius 2 is 1.85 bits per heavy atom. The van der Waals surface area contributed by atoms with E-state index in [9.17, 15) is 14.4 Å². The fourth-order valence-corrected chi connectivity index (χ4v) is 7.02. The number of hydrogen-bond donors (Lipinski definition) is 2. The average Bonchev–Trinajstić information content (AvgIpc) is 3.43. The van der Waals surface area contributed by atoms with Gasteiger partial charge < -0.3 is 25.5 Å². The number of amides is 2. The van der Waals surface area contributed by atoms with E-state index in [1.54, 1.807) is 16.4 Å². The number of benzene rings is 2. The molecule has 2 unspecified atom stereocenters. The zero-order valence-corrected chi connectivity index (χ0v) is 24.2. The first-order valence-corrected chi connectivity index (χ1v) is 14.9. The van der Waals surface area contributed by atoms with Crippen molar-refractivity contribution >= 4 is 63.3 Å².